The van der Waals surface area contributed by atoms with E-state index in [4.69, 9.17) is 0 Å². The van der Waals surface area contributed by atoms with Gasteiger partial charge in [0.05, 0.1) is 31.6 Å². The van der Waals surface area contributed by atoms with Crippen molar-refractivity contribution in [3.63, 3.8) is 0 Å². The van der Waals surface area contributed by atoms with Crippen LogP contribution in [0.15, 0.2) is 23.1 Å². The minimum Gasteiger partial charge on any atom is -0.336 e. The van der Waals surface area contributed by atoms with Crippen LogP contribution < -0.4 is 4.90 Å². The van der Waals surface area contributed by atoms with E-state index in [2.05, 4.69) is 0 Å². The first kappa shape index (κ1) is 14.4. The second kappa shape index (κ2) is 5.52. The molecule has 0 saturated carbocycles. The third kappa shape index (κ3) is 3.10. The molecule has 1 aliphatic heterocycles. The van der Waals surface area contributed by atoms with E-state index in [1.54, 1.807) is 0 Å². The van der Waals surface area contributed by atoms with Gasteiger partial charge >= 0.3 is 0 Å². The summed E-state index contributed by atoms with van der Waals surface area (Å²) in [5.74, 6) is -2.18. The summed E-state index contributed by atoms with van der Waals surface area (Å²) in [6, 6.07) is 2.69. The van der Waals surface area contributed by atoms with E-state index in [1.165, 1.54) is 9.21 Å². The highest BCUT2D eigenvalue weighted by Gasteiger charge is 2.28. The molecule has 1 fully saturated rings. The van der Waals surface area contributed by atoms with Crippen LogP contribution in [-0.4, -0.2) is 45.9 Å². The molecule has 0 aliphatic carbocycles. The quantitative estimate of drug-likeness (QED) is 0.825. The second-order valence-electron chi connectivity index (χ2n) is 4.79. The normalized spacial score (nSPS) is 22.2. The third-order valence-electron chi connectivity index (χ3n) is 3.33. The fourth-order valence-corrected chi connectivity index (χ4v) is 3.63. The minimum atomic E-state index is -3.73. The average molecular weight is 291 g/mol. The lowest BCUT2D eigenvalue weighted by atomic mass is 10.3. The van der Waals surface area contributed by atoms with E-state index < -0.39 is 21.7 Å². The molecule has 1 aromatic rings. The maximum atomic E-state index is 13.2. The Hall–Kier alpha value is -1.05. The molecule has 0 aromatic heterocycles. The van der Waals surface area contributed by atoms with E-state index in [-0.39, 0.29) is 4.90 Å². The molecule has 2 rings (SSSR count). The first-order valence-electron chi connectivity index (χ1n) is 6.18. The van der Waals surface area contributed by atoms with Gasteiger partial charge in [-0.1, -0.05) is 0 Å². The zero-order chi connectivity index (χ0) is 14.0. The summed E-state index contributed by atoms with van der Waals surface area (Å²) in [6.07, 6.45) is 0.759. The van der Waals surface area contributed by atoms with E-state index in [9.17, 15) is 17.2 Å². The van der Waals surface area contributed by atoms with Crippen molar-refractivity contribution in [3.8, 4) is 0 Å². The van der Waals surface area contributed by atoms with E-state index in [1.807, 2.05) is 7.05 Å². The lowest BCUT2D eigenvalue weighted by molar-refractivity contribution is -0.877. The number of halogens is 2. The molecular weight excluding hydrogens is 274 g/mol. The van der Waals surface area contributed by atoms with Crippen molar-refractivity contribution >= 4 is 10.0 Å². The molecule has 1 N–H and O–H groups in total. The number of hydrogen-bond donors (Lipinski definition) is 1. The van der Waals surface area contributed by atoms with Gasteiger partial charge in [0.1, 0.15) is 0 Å². The van der Waals surface area contributed by atoms with Crippen molar-refractivity contribution in [2.45, 2.75) is 11.3 Å². The first-order chi connectivity index (χ1) is 8.91. The summed E-state index contributed by atoms with van der Waals surface area (Å²) >= 11 is 0. The van der Waals surface area contributed by atoms with E-state index >= 15 is 0 Å². The summed E-state index contributed by atoms with van der Waals surface area (Å²) in [6.45, 7) is 2.43. The van der Waals surface area contributed by atoms with Crippen molar-refractivity contribution in [2.24, 2.45) is 0 Å². The Kier molecular flexibility index (Phi) is 4.17. The summed E-state index contributed by atoms with van der Waals surface area (Å²) < 4.78 is 52.0. The van der Waals surface area contributed by atoms with Crippen LogP contribution in [0.1, 0.15) is 6.42 Å². The molecule has 19 heavy (non-hydrogen) atoms. The number of sulfonamides is 1. The molecule has 0 spiro atoms. The van der Waals surface area contributed by atoms with Gasteiger partial charge < -0.3 is 4.90 Å². The van der Waals surface area contributed by atoms with Gasteiger partial charge in [-0.25, -0.2) is 17.2 Å². The number of benzene rings is 1. The molecule has 7 heteroatoms. The van der Waals surface area contributed by atoms with Crippen LogP contribution >= 0.6 is 0 Å². The first-order valence-corrected chi connectivity index (χ1v) is 7.62. The maximum Gasteiger partial charge on any atom is 0.243 e. The van der Waals surface area contributed by atoms with Gasteiger partial charge in [0, 0.05) is 13.0 Å². The topological polar surface area (TPSA) is 41.8 Å². The summed E-state index contributed by atoms with van der Waals surface area (Å²) in [5, 5.41) is 0. The van der Waals surface area contributed by atoms with Gasteiger partial charge in [-0.3, -0.25) is 0 Å². The number of hydrogen-bond acceptors (Lipinski definition) is 2. The van der Waals surface area contributed by atoms with Crippen molar-refractivity contribution < 1.29 is 22.1 Å². The lowest BCUT2D eigenvalue weighted by Crippen LogP contribution is -3.09. The summed E-state index contributed by atoms with van der Waals surface area (Å²) in [5.41, 5.74) is 0. The number of likely N-dealkylation sites (N-methyl/N-ethyl adjacent to an activating group) is 1. The Balaban J connectivity index is 2.28. The predicted molar refractivity (Wildman–Crippen MR) is 66.4 cm³/mol. The number of nitrogens with zero attached hydrogens (tertiary/aromatic N) is 1. The van der Waals surface area contributed by atoms with Crippen LogP contribution in [0.3, 0.4) is 0 Å². The van der Waals surface area contributed by atoms with Crippen molar-refractivity contribution in [1.29, 1.82) is 0 Å². The minimum absolute atomic E-state index is 0.189. The second-order valence-corrected chi connectivity index (χ2v) is 6.73. The molecule has 1 heterocycles. The highest BCUT2D eigenvalue weighted by molar-refractivity contribution is 7.89. The molecule has 4 nitrogen and oxygen atoms in total. The fraction of sp³-hybridized carbons (Fsp3) is 0.500. The molecule has 0 amide bonds. The van der Waals surface area contributed by atoms with Crippen molar-refractivity contribution in [2.75, 3.05) is 33.2 Å². The number of rotatable bonds is 2. The fourth-order valence-electron chi connectivity index (χ4n) is 2.14. The van der Waals surface area contributed by atoms with Gasteiger partial charge in [-0.05, 0) is 18.2 Å². The largest absolute Gasteiger partial charge is 0.336 e. The lowest BCUT2D eigenvalue weighted by Gasteiger charge is -2.19. The Morgan fingerprint density at radius 2 is 1.89 bits per heavy atom. The average Bonchev–Trinajstić information content (AvgIpc) is 2.57. The SMILES string of the molecule is C[NH+]1CCCN(S(=O)(=O)c2ccc(F)c(F)c2)CC1. The Morgan fingerprint density at radius 1 is 1.16 bits per heavy atom. The monoisotopic (exact) mass is 291 g/mol. The van der Waals surface area contributed by atoms with Gasteiger partial charge in [-0.2, -0.15) is 4.31 Å². The molecular formula is C12H17F2N2O2S+. The molecule has 1 unspecified atom stereocenters. The zero-order valence-electron chi connectivity index (χ0n) is 10.7. The Morgan fingerprint density at radius 3 is 2.58 bits per heavy atom. The standard InChI is InChI=1S/C12H16F2N2O2S/c1-15-5-2-6-16(8-7-15)19(17,18)10-3-4-11(13)12(14)9-10/h3-4,9H,2,5-8H2,1H3/p+1. The maximum absolute atomic E-state index is 13.2. The van der Waals surface area contributed by atoms with Gasteiger partial charge in [-0.15, -0.1) is 0 Å². The van der Waals surface area contributed by atoms with Gasteiger partial charge in [0.25, 0.3) is 0 Å². The molecule has 1 saturated heterocycles. The highest BCUT2D eigenvalue weighted by Crippen LogP contribution is 2.18. The molecule has 1 atom stereocenters. The van der Waals surface area contributed by atoms with Crippen molar-refractivity contribution in [3.05, 3.63) is 29.8 Å². The highest BCUT2D eigenvalue weighted by atomic mass is 32.2. The summed E-state index contributed by atoms with van der Waals surface area (Å²) in [4.78, 5) is 1.08. The Labute approximate surface area is 111 Å². The van der Waals surface area contributed by atoms with Gasteiger partial charge in [0.15, 0.2) is 11.6 Å². The molecule has 0 radical (unpaired) electrons. The molecule has 1 aromatic carbocycles. The van der Waals surface area contributed by atoms with Crippen LogP contribution in [0, 0.1) is 11.6 Å². The Bertz CT molecular complexity index is 563. The smallest absolute Gasteiger partial charge is 0.243 e. The predicted octanol–water partition coefficient (Wildman–Crippen LogP) is -0.126. The van der Waals surface area contributed by atoms with Crippen LogP contribution in [0.2, 0.25) is 0 Å². The molecule has 106 valence electrons. The third-order valence-corrected chi connectivity index (χ3v) is 5.22. The van der Waals surface area contributed by atoms with Crippen molar-refractivity contribution in [1.82, 2.24) is 4.31 Å². The van der Waals surface area contributed by atoms with Crippen LogP contribution in [0.25, 0.3) is 0 Å². The van der Waals surface area contributed by atoms with Gasteiger partial charge in [0.2, 0.25) is 10.0 Å². The van der Waals surface area contributed by atoms with Crippen LogP contribution in [0.4, 0.5) is 8.78 Å². The van der Waals surface area contributed by atoms with Crippen LogP contribution in [-0.2, 0) is 10.0 Å². The summed E-state index contributed by atoms with van der Waals surface area (Å²) in [7, 11) is -1.73. The molecule has 1 aliphatic rings. The van der Waals surface area contributed by atoms with E-state index in [0.29, 0.717) is 19.6 Å². The van der Waals surface area contributed by atoms with E-state index in [0.717, 1.165) is 31.2 Å². The number of nitrogens with one attached hydrogen (secondary N) is 1. The molecule has 0 bridgehead atoms. The number of quaternary nitrogens is 1. The van der Waals surface area contributed by atoms with Crippen LogP contribution in [0.5, 0.6) is 0 Å². The zero-order valence-corrected chi connectivity index (χ0v) is 11.5.